The highest BCUT2D eigenvalue weighted by atomic mass is 16.5. The Labute approximate surface area is 126 Å². The van der Waals surface area contributed by atoms with Crippen LogP contribution in [0.1, 0.15) is 18.9 Å². The molecule has 112 valence electrons. The lowest BCUT2D eigenvalue weighted by atomic mass is 10.2. The van der Waals surface area contributed by atoms with Crippen LogP contribution in [0.5, 0.6) is 5.75 Å². The molecule has 2 aromatic rings. The summed E-state index contributed by atoms with van der Waals surface area (Å²) >= 11 is 0. The summed E-state index contributed by atoms with van der Waals surface area (Å²) in [5.74, 6) is 0.876. The normalized spacial score (nSPS) is 10.8. The molecule has 2 N–H and O–H groups in total. The molecule has 1 aromatic carbocycles. The van der Waals surface area contributed by atoms with Crippen molar-refractivity contribution in [2.75, 3.05) is 25.4 Å². The van der Waals surface area contributed by atoms with Crippen LogP contribution in [0.4, 0.5) is 5.69 Å². The number of hydrogen-bond donors (Lipinski definition) is 1. The largest absolute Gasteiger partial charge is 0.494 e. The Bertz CT molecular complexity index is 513. The second-order valence-corrected chi connectivity index (χ2v) is 5.00. The fraction of sp³-hybridized carbons (Fsp3) is 0.353. The van der Waals surface area contributed by atoms with Crippen molar-refractivity contribution in [1.29, 1.82) is 0 Å². The molecule has 4 nitrogen and oxygen atoms in total. The summed E-state index contributed by atoms with van der Waals surface area (Å²) < 4.78 is 5.71. The van der Waals surface area contributed by atoms with E-state index in [2.05, 4.69) is 28.9 Å². The maximum absolute atomic E-state index is 5.71. The van der Waals surface area contributed by atoms with Crippen molar-refractivity contribution >= 4 is 5.69 Å². The van der Waals surface area contributed by atoms with Gasteiger partial charge >= 0.3 is 0 Å². The second kappa shape index (κ2) is 8.27. The number of ether oxygens (including phenoxy) is 1. The van der Waals surface area contributed by atoms with Crippen LogP contribution in [-0.4, -0.2) is 29.6 Å². The van der Waals surface area contributed by atoms with Gasteiger partial charge in [-0.2, -0.15) is 0 Å². The molecule has 0 aliphatic carbocycles. The zero-order valence-corrected chi connectivity index (χ0v) is 12.5. The second-order valence-electron chi connectivity index (χ2n) is 5.00. The van der Waals surface area contributed by atoms with Gasteiger partial charge in [-0.05, 0) is 54.9 Å². The fourth-order valence-corrected chi connectivity index (χ4v) is 2.14. The molecule has 0 bridgehead atoms. The van der Waals surface area contributed by atoms with Gasteiger partial charge in [0.15, 0.2) is 0 Å². The first-order valence-corrected chi connectivity index (χ1v) is 7.37. The first kappa shape index (κ1) is 15.3. The SMILES string of the molecule is CCN(CCCOc1ccc(N)cc1)Cc1ccncc1. The minimum atomic E-state index is 0.719. The number of rotatable bonds is 8. The van der Waals surface area contributed by atoms with Crippen LogP contribution in [0.15, 0.2) is 48.8 Å². The van der Waals surface area contributed by atoms with Gasteiger partial charge in [0.1, 0.15) is 5.75 Å². The van der Waals surface area contributed by atoms with Crippen LogP contribution in [-0.2, 0) is 6.54 Å². The van der Waals surface area contributed by atoms with Gasteiger partial charge in [-0.25, -0.2) is 0 Å². The Hall–Kier alpha value is -2.07. The molecule has 0 saturated heterocycles. The summed E-state index contributed by atoms with van der Waals surface area (Å²) in [5.41, 5.74) is 7.70. The lowest BCUT2D eigenvalue weighted by Gasteiger charge is -2.20. The monoisotopic (exact) mass is 285 g/mol. The fourth-order valence-electron chi connectivity index (χ4n) is 2.14. The molecule has 0 aliphatic heterocycles. The summed E-state index contributed by atoms with van der Waals surface area (Å²) in [7, 11) is 0. The van der Waals surface area contributed by atoms with Crippen molar-refractivity contribution in [3.63, 3.8) is 0 Å². The molecule has 1 heterocycles. The van der Waals surface area contributed by atoms with E-state index < -0.39 is 0 Å². The molecule has 4 heteroatoms. The predicted octanol–water partition coefficient (Wildman–Crippen LogP) is 2.95. The molecule has 0 unspecified atom stereocenters. The van der Waals surface area contributed by atoms with E-state index in [1.165, 1.54) is 5.56 Å². The maximum atomic E-state index is 5.71. The van der Waals surface area contributed by atoms with Crippen LogP contribution in [0.3, 0.4) is 0 Å². The molecule has 0 aliphatic rings. The van der Waals surface area contributed by atoms with Crippen molar-refractivity contribution in [2.24, 2.45) is 0 Å². The zero-order chi connectivity index (χ0) is 14.9. The summed E-state index contributed by atoms with van der Waals surface area (Å²) in [6, 6.07) is 11.7. The maximum Gasteiger partial charge on any atom is 0.119 e. The molecule has 0 fully saturated rings. The predicted molar refractivity (Wildman–Crippen MR) is 86.2 cm³/mol. The van der Waals surface area contributed by atoms with Crippen molar-refractivity contribution in [3.05, 3.63) is 54.4 Å². The van der Waals surface area contributed by atoms with E-state index in [1.807, 2.05) is 36.7 Å². The van der Waals surface area contributed by atoms with E-state index in [9.17, 15) is 0 Å². The topological polar surface area (TPSA) is 51.4 Å². The van der Waals surface area contributed by atoms with E-state index >= 15 is 0 Å². The Morgan fingerprint density at radius 3 is 2.48 bits per heavy atom. The highest BCUT2D eigenvalue weighted by Crippen LogP contribution is 2.13. The van der Waals surface area contributed by atoms with E-state index in [-0.39, 0.29) is 0 Å². The van der Waals surface area contributed by atoms with Crippen LogP contribution in [0.2, 0.25) is 0 Å². The summed E-state index contributed by atoms with van der Waals surface area (Å²) in [4.78, 5) is 6.45. The highest BCUT2D eigenvalue weighted by Gasteiger charge is 2.03. The third-order valence-electron chi connectivity index (χ3n) is 3.37. The highest BCUT2D eigenvalue weighted by molar-refractivity contribution is 5.41. The minimum absolute atomic E-state index is 0.719. The van der Waals surface area contributed by atoms with Gasteiger partial charge in [0.25, 0.3) is 0 Å². The van der Waals surface area contributed by atoms with Gasteiger partial charge in [-0.3, -0.25) is 9.88 Å². The summed E-state index contributed by atoms with van der Waals surface area (Å²) in [6.07, 6.45) is 4.68. The lowest BCUT2D eigenvalue weighted by molar-refractivity contribution is 0.236. The number of hydrogen-bond acceptors (Lipinski definition) is 4. The van der Waals surface area contributed by atoms with Gasteiger partial charge in [-0.15, -0.1) is 0 Å². The number of nitrogens with zero attached hydrogens (tertiary/aromatic N) is 2. The third-order valence-corrected chi connectivity index (χ3v) is 3.37. The Kier molecular flexibility index (Phi) is 6.03. The van der Waals surface area contributed by atoms with Gasteiger partial charge in [-0.1, -0.05) is 6.92 Å². The van der Waals surface area contributed by atoms with Crippen LogP contribution < -0.4 is 10.5 Å². The van der Waals surface area contributed by atoms with Crippen molar-refractivity contribution in [1.82, 2.24) is 9.88 Å². The van der Waals surface area contributed by atoms with Crippen molar-refractivity contribution < 1.29 is 4.74 Å². The number of aromatic nitrogens is 1. The number of benzene rings is 1. The standard InChI is InChI=1S/C17H23N3O/c1-2-20(14-15-8-10-19-11-9-15)12-3-13-21-17-6-4-16(18)5-7-17/h4-11H,2-3,12-14,18H2,1H3. The smallest absolute Gasteiger partial charge is 0.119 e. The van der Waals surface area contributed by atoms with Crippen molar-refractivity contribution in [2.45, 2.75) is 19.9 Å². The van der Waals surface area contributed by atoms with E-state index in [0.29, 0.717) is 0 Å². The summed E-state index contributed by atoms with van der Waals surface area (Å²) in [6.45, 7) is 5.91. The number of nitrogen functional groups attached to an aromatic ring is 1. The van der Waals surface area contributed by atoms with Gasteiger partial charge in [0, 0.05) is 31.2 Å². The molecular formula is C17H23N3O. The average molecular weight is 285 g/mol. The number of pyridine rings is 1. The number of anilines is 1. The summed E-state index contributed by atoms with van der Waals surface area (Å²) in [5, 5.41) is 0. The van der Waals surface area contributed by atoms with E-state index in [0.717, 1.165) is 44.1 Å². The molecule has 21 heavy (non-hydrogen) atoms. The van der Waals surface area contributed by atoms with E-state index in [4.69, 9.17) is 10.5 Å². The van der Waals surface area contributed by atoms with Crippen LogP contribution in [0.25, 0.3) is 0 Å². The van der Waals surface area contributed by atoms with Gasteiger partial charge in [0.2, 0.25) is 0 Å². The molecule has 0 radical (unpaired) electrons. The first-order valence-electron chi connectivity index (χ1n) is 7.37. The van der Waals surface area contributed by atoms with Gasteiger partial charge < -0.3 is 10.5 Å². The zero-order valence-electron chi connectivity index (χ0n) is 12.5. The third kappa shape index (κ3) is 5.44. The molecule has 0 saturated carbocycles. The first-order chi connectivity index (χ1) is 10.3. The molecule has 2 rings (SSSR count). The minimum Gasteiger partial charge on any atom is -0.494 e. The number of nitrogens with two attached hydrogens (primary N) is 1. The average Bonchev–Trinajstić information content (AvgIpc) is 2.53. The Morgan fingerprint density at radius 2 is 1.81 bits per heavy atom. The van der Waals surface area contributed by atoms with E-state index in [1.54, 1.807) is 0 Å². The Morgan fingerprint density at radius 1 is 1.10 bits per heavy atom. The van der Waals surface area contributed by atoms with Crippen molar-refractivity contribution in [3.8, 4) is 5.75 Å². The quantitative estimate of drug-likeness (QED) is 0.598. The van der Waals surface area contributed by atoms with Gasteiger partial charge in [0.05, 0.1) is 6.61 Å². The molecular weight excluding hydrogens is 262 g/mol. The molecule has 0 atom stereocenters. The van der Waals surface area contributed by atoms with Crippen LogP contribution in [0, 0.1) is 0 Å². The van der Waals surface area contributed by atoms with Crippen LogP contribution >= 0.6 is 0 Å². The Balaban J connectivity index is 1.70. The molecule has 1 aromatic heterocycles. The molecule has 0 amide bonds. The lowest BCUT2D eigenvalue weighted by Crippen LogP contribution is -2.25. The molecule has 0 spiro atoms.